The van der Waals surface area contributed by atoms with Crippen molar-refractivity contribution in [3.63, 3.8) is 0 Å². The maximum absolute atomic E-state index is 15.0. The van der Waals surface area contributed by atoms with E-state index in [1.54, 1.807) is 0 Å². The number of furan rings is 1. The van der Waals surface area contributed by atoms with Gasteiger partial charge < -0.3 is 14.5 Å². The fourth-order valence-electron chi connectivity index (χ4n) is 3.36. The van der Waals surface area contributed by atoms with E-state index in [0.717, 1.165) is 12.1 Å². The second-order valence-corrected chi connectivity index (χ2v) is 7.35. The normalized spacial score (nSPS) is 15.2. The predicted molar refractivity (Wildman–Crippen MR) is 115 cm³/mol. The summed E-state index contributed by atoms with van der Waals surface area (Å²) in [6.07, 6.45) is -1.23. The maximum atomic E-state index is 15.0. The van der Waals surface area contributed by atoms with Crippen LogP contribution in [0.4, 0.5) is 20.8 Å². The largest absolute Gasteiger partial charge is 0.442 e. The molecular weight excluding hydrogens is 451 g/mol. The molecule has 1 atom stereocenters. The SMILES string of the molecule is CC(=O)NCC1CN(c2ccc(-c3cccc(C(=O)c4ccc([N+](=O)[O-])o4)n3)c(F)c2)C(=O)O1. The summed E-state index contributed by atoms with van der Waals surface area (Å²) in [5.41, 5.74) is 0.385. The number of ketones is 1. The fraction of sp³-hybridized carbons (Fsp3) is 0.182. The van der Waals surface area contributed by atoms with Crippen molar-refractivity contribution in [3.05, 3.63) is 75.9 Å². The van der Waals surface area contributed by atoms with E-state index in [0.29, 0.717) is 0 Å². The van der Waals surface area contributed by atoms with E-state index >= 15 is 0 Å². The zero-order chi connectivity index (χ0) is 24.4. The van der Waals surface area contributed by atoms with E-state index in [1.165, 1.54) is 48.2 Å². The first-order chi connectivity index (χ1) is 16.2. The van der Waals surface area contributed by atoms with Crippen molar-refractivity contribution in [1.29, 1.82) is 0 Å². The lowest BCUT2D eigenvalue weighted by molar-refractivity contribution is -0.402. The third-order valence-corrected chi connectivity index (χ3v) is 4.97. The number of nitrogens with one attached hydrogen (secondary N) is 1. The highest BCUT2D eigenvalue weighted by atomic mass is 19.1. The van der Waals surface area contributed by atoms with Gasteiger partial charge in [0.05, 0.1) is 30.5 Å². The van der Waals surface area contributed by atoms with Gasteiger partial charge in [-0.3, -0.25) is 24.6 Å². The molecule has 174 valence electrons. The average Bonchev–Trinajstić information content (AvgIpc) is 3.44. The van der Waals surface area contributed by atoms with Crippen LogP contribution in [0.1, 0.15) is 23.2 Å². The topological polar surface area (TPSA) is 145 Å². The van der Waals surface area contributed by atoms with Crippen molar-refractivity contribution in [2.24, 2.45) is 0 Å². The molecule has 1 fully saturated rings. The molecule has 3 heterocycles. The molecule has 1 aromatic carbocycles. The van der Waals surface area contributed by atoms with Gasteiger partial charge in [0.25, 0.3) is 0 Å². The number of carbonyl (C=O) groups is 3. The number of nitrogens with zero attached hydrogens (tertiary/aromatic N) is 3. The lowest BCUT2D eigenvalue weighted by Gasteiger charge is -2.14. The minimum Gasteiger partial charge on any atom is -0.442 e. The molecular formula is C22H17FN4O7. The summed E-state index contributed by atoms with van der Waals surface area (Å²) in [7, 11) is 0. The standard InChI is InChI=1S/C22H17FN4O7/c1-12(28)24-10-14-11-26(22(30)33-14)13-5-6-15(16(23)9-13)17-3-2-4-18(25-17)21(29)19-7-8-20(34-19)27(31)32/h2-9,14H,10-11H2,1H3,(H,24,28). The summed E-state index contributed by atoms with van der Waals surface area (Å²) in [6.45, 7) is 1.62. The van der Waals surface area contributed by atoms with E-state index in [9.17, 15) is 28.9 Å². The fourth-order valence-corrected chi connectivity index (χ4v) is 3.36. The van der Waals surface area contributed by atoms with Gasteiger partial charge in [-0.15, -0.1) is 0 Å². The number of hydrogen-bond acceptors (Lipinski definition) is 8. The Morgan fingerprint density at radius 3 is 2.74 bits per heavy atom. The first kappa shape index (κ1) is 22.6. The van der Waals surface area contributed by atoms with E-state index in [-0.39, 0.29) is 47.4 Å². The Morgan fingerprint density at radius 2 is 2.06 bits per heavy atom. The number of ether oxygens (including phenoxy) is 1. The number of rotatable bonds is 7. The van der Waals surface area contributed by atoms with Gasteiger partial charge in [0.15, 0.2) is 5.76 Å². The van der Waals surface area contributed by atoms with Gasteiger partial charge in [0.1, 0.15) is 22.5 Å². The number of benzene rings is 1. The maximum Gasteiger partial charge on any atom is 0.433 e. The van der Waals surface area contributed by atoms with Crippen molar-refractivity contribution in [2.75, 3.05) is 18.0 Å². The third kappa shape index (κ3) is 4.60. The highest BCUT2D eigenvalue weighted by Crippen LogP contribution is 2.29. The van der Waals surface area contributed by atoms with Gasteiger partial charge in [-0.2, -0.15) is 0 Å². The van der Waals surface area contributed by atoms with Crippen LogP contribution in [0.2, 0.25) is 0 Å². The molecule has 2 aromatic heterocycles. The number of hydrogen-bond donors (Lipinski definition) is 1. The van der Waals surface area contributed by atoms with Crippen LogP contribution in [0, 0.1) is 15.9 Å². The Hall–Kier alpha value is -4.61. The summed E-state index contributed by atoms with van der Waals surface area (Å²) >= 11 is 0. The van der Waals surface area contributed by atoms with Crippen molar-refractivity contribution in [3.8, 4) is 11.3 Å². The highest BCUT2D eigenvalue weighted by Gasteiger charge is 2.32. The first-order valence-corrected chi connectivity index (χ1v) is 10.0. The quantitative estimate of drug-likeness (QED) is 0.316. The lowest BCUT2D eigenvalue weighted by Crippen LogP contribution is -2.33. The summed E-state index contributed by atoms with van der Waals surface area (Å²) in [4.78, 5) is 51.2. The molecule has 1 saturated heterocycles. The lowest BCUT2D eigenvalue weighted by atomic mass is 10.1. The van der Waals surface area contributed by atoms with Gasteiger partial charge in [0, 0.05) is 12.5 Å². The number of halogens is 1. The molecule has 1 N–H and O–H groups in total. The average molecular weight is 468 g/mol. The highest BCUT2D eigenvalue weighted by molar-refractivity contribution is 6.06. The van der Waals surface area contributed by atoms with Gasteiger partial charge in [-0.05, 0) is 36.4 Å². The summed E-state index contributed by atoms with van der Waals surface area (Å²) in [5, 5.41) is 13.3. The van der Waals surface area contributed by atoms with E-state index in [2.05, 4.69) is 10.3 Å². The van der Waals surface area contributed by atoms with Crippen LogP contribution in [0.15, 0.2) is 52.9 Å². The molecule has 11 nitrogen and oxygen atoms in total. The van der Waals surface area contributed by atoms with Crippen LogP contribution in [-0.2, 0) is 9.53 Å². The van der Waals surface area contributed by atoms with Crippen LogP contribution in [0.5, 0.6) is 0 Å². The summed E-state index contributed by atoms with van der Waals surface area (Å²) in [5.74, 6) is -2.50. The van der Waals surface area contributed by atoms with Crippen LogP contribution in [0.25, 0.3) is 11.3 Å². The predicted octanol–water partition coefficient (Wildman–Crippen LogP) is 3.08. The van der Waals surface area contributed by atoms with E-state index < -0.39 is 34.6 Å². The molecule has 1 unspecified atom stereocenters. The van der Waals surface area contributed by atoms with Crippen molar-refractivity contribution >= 4 is 29.4 Å². The first-order valence-electron chi connectivity index (χ1n) is 10.0. The van der Waals surface area contributed by atoms with Gasteiger partial charge in [-0.1, -0.05) is 6.07 Å². The van der Waals surface area contributed by atoms with Gasteiger partial charge in [0.2, 0.25) is 11.7 Å². The van der Waals surface area contributed by atoms with Gasteiger partial charge in [-0.25, -0.2) is 14.2 Å². The molecule has 4 rings (SSSR count). The molecule has 0 spiro atoms. The number of carbonyl (C=O) groups excluding carboxylic acids is 3. The van der Waals surface area contributed by atoms with Crippen LogP contribution in [-0.4, -0.2) is 46.9 Å². The minimum absolute atomic E-state index is 0.0752. The number of anilines is 1. The number of nitro groups is 1. The molecule has 12 heteroatoms. The number of aromatic nitrogens is 1. The third-order valence-electron chi connectivity index (χ3n) is 4.97. The second-order valence-electron chi connectivity index (χ2n) is 7.35. The Bertz CT molecular complexity index is 1310. The van der Waals surface area contributed by atoms with E-state index in [4.69, 9.17) is 9.15 Å². The van der Waals surface area contributed by atoms with Crippen LogP contribution >= 0.6 is 0 Å². The molecule has 0 aliphatic carbocycles. The Kier molecular flexibility index (Phi) is 6.04. The summed E-state index contributed by atoms with van der Waals surface area (Å²) < 4.78 is 25.1. The van der Waals surface area contributed by atoms with Crippen molar-refractivity contribution in [2.45, 2.75) is 13.0 Å². The second kappa shape index (κ2) is 9.10. The molecule has 1 aliphatic rings. The molecule has 1 aliphatic heterocycles. The number of amides is 2. The number of pyridine rings is 1. The van der Waals surface area contributed by atoms with Gasteiger partial charge >= 0.3 is 12.0 Å². The Morgan fingerprint density at radius 1 is 1.26 bits per heavy atom. The molecule has 0 radical (unpaired) electrons. The molecule has 3 aromatic rings. The van der Waals surface area contributed by atoms with Crippen LogP contribution in [0.3, 0.4) is 0 Å². The molecule has 0 bridgehead atoms. The van der Waals surface area contributed by atoms with Crippen molar-refractivity contribution in [1.82, 2.24) is 10.3 Å². The summed E-state index contributed by atoms with van der Waals surface area (Å²) in [6, 6.07) is 10.6. The molecule has 0 saturated carbocycles. The molecule has 2 amide bonds. The number of cyclic esters (lactones) is 1. The van der Waals surface area contributed by atoms with Crippen molar-refractivity contribution < 1.29 is 32.9 Å². The minimum atomic E-state index is -0.768. The smallest absolute Gasteiger partial charge is 0.433 e. The molecule has 34 heavy (non-hydrogen) atoms. The Labute approximate surface area is 191 Å². The zero-order valence-electron chi connectivity index (χ0n) is 17.7. The van der Waals surface area contributed by atoms with Crippen LogP contribution < -0.4 is 10.2 Å². The zero-order valence-corrected chi connectivity index (χ0v) is 17.7. The van der Waals surface area contributed by atoms with E-state index in [1.807, 2.05) is 0 Å². The Balaban J connectivity index is 1.54. The monoisotopic (exact) mass is 468 g/mol.